The topological polar surface area (TPSA) is 35.5 Å². The molecule has 0 aromatic carbocycles. The molecule has 0 bridgehead atoms. The van der Waals surface area contributed by atoms with Crippen molar-refractivity contribution in [1.29, 1.82) is 0 Å². The van der Waals surface area contributed by atoms with Crippen LogP contribution in [0.3, 0.4) is 0 Å². The predicted octanol–water partition coefficient (Wildman–Crippen LogP) is 0.0152. The van der Waals surface area contributed by atoms with Crippen LogP contribution in [0.4, 0.5) is 0 Å². The van der Waals surface area contributed by atoms with Gasteiger partial charge in [0.05, 0.1) is 0 Å². The summed E-state index contributed by atoms with van der Waals surface area (Å²) in [4.78, 5) is 11.3. The molecule has 0 amide bonds. The number of alkyl halides is 1. The molecule has 0 aliphatic carbocycles. The molecule has 104 valence electrons. The predicted molar refractivity (Wildman–Crippen MR) is 67.7 cm³/mol. The maximum atomic E-state index is 11.3. The Morgan fingerprint density at radius 2 is 2.22 bits per heavy atom. The molecule has 0 saturated heterocycles. The van der Waals surface area contributed by atoms with E-state index in [1.807, 2.05) is 6.92 Å². The van der Waals surface area contributed by atoms with Gasteiger partial charge in [0.25, 0.3) is 0 Å². The van der Waals surface area contributed by atoms with E-state index in [1.54, 1.807) is 0 Å². The Kier molecular flexibility index (Phi) is 6.75. The third-order valence-electron chi connectivity index (χ3n) is 2.39. The first kappa shape index (κ1) is 15.5. The van der Waals surface area contributed by atoms with Gasteiger partial charge in [-0.2, -0.15) is 0 Å². The molecule has 0 fully saturated rings. The number of hydrogen-bond acceptors (Lipinski definition) is 3. The van der Waals surface area contributed by atoms with Crippen LogP contribution < -0.4 is 21.2 Å². The van der Waals surface area contributed by atoms with Gasteiger partial charge >= 0.3 is 120 Å². The Bertz CT molecular complexity index is 356. The second-order valence-electron chi connectivity index (χ2n) is 4.50. The molecule has 18 heavy (non-hydrogen) atoms. The minimum absolute atomic E-state index is 0.0688. The summed E-state index contributed by atoms with van der Waals surface area (Å²) in [5, 5.41) is 0. The summed E-state index contributed by atoms with van der Waals surface area (Å²) in [5.41, 5.74) is 2.60. The van der Waals surface area contributed by atoms with E-state index in [2.05, 4.69) is 26.8 Å². The van der Waals surface area contributed by atoms with Crippen LogP contribution in [-0.2, 0) is 14.3 Å². The molecule has 1 aliphatic heterocycles. The van der Waals surface area contributed by atoms with Crippen molar-refractivity contribution in [3.05, 3.63) is 21.0 Å². The fraction of sp³-hybridized carbons (Fsp3) is 0.643. The third kappa shape index (κ3) is 5.42. The van der Waals surface area contributed by atoms with Crippen molar-refractivity contribution in [2.75, 3.05) is 11.0 Å². The maximum absolute atomic E-state index is 11.3. The van der Waals surface area contributed by atoms with E-state index in [-0.39, 0.29) is 33.3 Å². The molecule has 0 aromatic rings. The molecular formula is C14H22IO3-. The zero-order valence-electron chi connectivity index (χ0n) is 11.6. The van der Waals surface area contributed by atoms with Crippen LogP contribution in [0.2, 0.25) is 0 Å². The van der Waals surface area contributed by atoms with Gasteiger partial charge in [0, 0.05) is 0 Å². The van der Waals surface area contributed by atoms with E-state index in [1.165, 1.54) is 14.9 Å². The minimum atomic E-state index is -0.0949. The Hall–Kier alpha value is -0.520. The fourth-order valence-corrected chi connectivity index (χ4v) is 4.50. The van der Waals surface area contributed by atoms with Crippen LogP contribution in [0, 0.1) is 0 Å². The third-order valence-corrected chi connectivity index (χ3v) is 5.54. The van der Waals surface area contributed by atoms with Crippen molar-refractivity contribution < 1.29 is 35.5 Å². The molecule has 0 N–H and O–H groups in total. The summed E-state index contributed by atoms with van der Waals surface area (Å²) in [5.74, 6) is -0.0949. The second-order valence-corrected chi connectivity index (χ2v) is 7.00. The summed E-state index contributed by atoms with van der Waals surface area (Å²) in [6, 6.07) is 0. The number of allylic oxidation sites excluding steroid dienone is 3. The van der Waals surface area contributed by atoms with Crippen molar-refractivity contribution in [3.63, 3.8) is 0 Å². The van der Waals surface area contributed by atoms with E-state index in [4.69, 9.17) is 9.47 Å². The molecule has 0 spiro atoms. The standard InChI is InChI=1S/C14H22IO3/c1-5-17-13(16)7-6-12-8-11(4)14(15-9-12)18-10(2)3/h8,10H,5-7,9H2,1-4H3/q-1. The number of ether oxygens (including phenoxy) is 2. The quantitative estimate of drug-likeness (QED) is 0.378. The zero-order chi connectivity index (χ0) is 13.5. The average molecular weight is 365 g/mol. The first-order valence-corrected chi connectivity index (χ1v) is 8.95. The van der Waals surface area contributed by atoms with E-state index in [0.717, 1.165) is 10.8 Å². The molecule has 0 atom stereocenters. The molecule has 0 radical (unpaired) electrons. The Morgan fingerprint density at radius 3 is 2.78 bits per heavy atom. The van der Waals surface area contributed by atoms with Crippen molar-refractivity contribution in [3.8, 4) is 0 Å². The van der Waals surface area contributed by atoms with Crippen LogP contribution in [0.25, 0.3) is 0 Å². The van der Waals surface area contributed by atoms with Crippen molar-refractivity contribution >= 4 is 5.97 Å². The van der Waals surface area contributed by atoms with Crippen LogP contribution in [-0.4, -0.2) is 23.1 Å². The molecule has 4 heteroatoms. The van der Waals surface area contributed by atoms with Gasteiger partial charge in [0.1, 0.15) is 0 Å². The Labute approximate surface area is 120 Å². The number of hydrogen-bond donors (Lipinski definition) is 0. The Morgan fingerprint density at radius 1 is 1.50 bits per heavy atom. The van der Waals surface area contributed by atoms with Gasteiger partial charge in [-0.3, -0.25) is 0 Å². The number of halogens is 1. The monoisotopic (exact) mass is 365 g/mol. The van der Waals surface area contributed by atoms with Gasteiger partial charge in [0.15, 0.2) is 0 Å². The first-order valence-electron chi connectivity index (χ1n) is 6.34. The SMILES string of the molecule is CCOC(=O)CCC1=CC(C)=C(OC(C)C)[I-]C1. The van der Waals surface area contributed by atoms with Crippen LogP contribution in [0.1, 0.15) is 40.5 Å². The summed E-state index contributed by atoms with van der Waals surface area (Å²) < 4.78 is 13.0. The van der Waals surface area contributed by atoms with Gasteiger partial charge in [-0.15, -0.1) is 0 Å². The van der Waals surface area contributed by atoms with Gasteiger partial charge in [0.2, 0.25) is 0 Å². The van der Waals surface area contributed by atoms with Gasteiger partial charge in [-0.25, -0.2) is 0 Å². The van der Waals surface area contributed by atoms with Crippen LogP contribution in [0.15, 0.2) is 21.0 Å². The second kappa shape index (κ2) is 7.81. The summed E-state index contributed by atoms with van der Waals surface area (Å²) in [6.45, 7) is 8.52. The first-order chi connectivity index (χ1) is 8.52. The number of carbonyl (C=O) groups excluding carboxylic acids is 1. The number of esters is 1. The van der Waals surface area contributed by atoms with Gasteiger partial charge in [-0.1, -0.05) is 0 Å². The molecular weight excluding hydrogens is 343 g/mol. The molecule has 1 aliphatic rings. The van der Waals surface area contributed by atoms with Crippen LogP contribution in [0.5, 0.6) is 0 Å². The summed E-state index contributed by atoms with van der Waals surface area (Å²) in [6.07, 6.45) is 3.76. The molecule has 1 rings (SSSR count). The Balaban J connectivity index is 2.50. The molecule has 0 saturated carbocycles. The van der Waals surface area contributed by atoms with E-state index in [9.17, 15) is 4.79 Å². The van der Waals surface area contributed by atoms with E-state index < -0.39 is 0 Å². The zero-order valence-corrected chi connectivity index (χ0v) is 13.7. The number of carbonyl (C=O) groups is 1. The van der Waals surface area contributed by atoms with Gasteiger partial charge in [-0.05, 0) is 0 Å². The summed E-state index contributed by atoms with van der Waals surface area (Å²) >= 11 is -0.0688. The summed E-state index contributed by atoms with van der Waals surface area (Å²) in [7, 11) is 0. The van der Waals surface area contributed by atoms with Gasteiger partial charge < -0.3 is 0 Å². The fourth-order valence-electron chi connectivity index (χ4n) is 1.62. The van der Waals surface area contributed by atoms with Crippen molar-refractivity contribution in [1.82, 2.24) is 0 Å². The molecule has 0 unspecified atom stereocenters. The van der Waals surface area contributed by atoms with E-state index in [0.29, 0.717) is 13.0 Å². The van der Waals surface area contributed by atoms with Crippen molar-refractivity contribution in [2.45, 2.75) is 46.6 Å². The molecule has 1 heterocycles. The normalized spacial score (nSPS) is 16.2. The van der Waals surface area contributed by atoms with Crippen LogP contribution >= 0.6 is 0 Å². The van der Waals surface area contributed by atoms with Crippen molar-refractivity contribution in [2.24, 2.45) is 0 Å². The van der Waals surface area contributed by atoms with E-state index >= 15 is 0 Å². The number of rotatable bonds is 6. The molecule has 3 nitrogen and oxygen atoms in total. The average Bonchev–Trinajstić information content (AvgIpc) is 2.29. The molecule has 0 aromatic heterocycles.